The molecule has 0 saturated heterocycles. The lowest BCUT2D eigenvalue weighted by Crippen LogP contribution is -2.30. The Bertz CT molecular complexity index is 978. The SMILES string of the molecule is CCC(C)CCCCCCCCCCC(=O)OC[C@@H](COC(=O)CCCCCCCCCCCCCCCCCC(C)C)OC(=O)CCCCCCCCCCCCCCC(C)C. The lowest BCUT2D eigenvalue weighted by Gasteiger charge is -2.18. The summed E-state index contributed by atoms with van der Waals surface area (Å²) in [5.41, 5.74) is 0. The van der Waals surface area contributed by atoms with E-state index in [9.17, 15) is 14.4 Å². The summed E-state index contributed by atoms with van der Waals surface area (Å²) in [6.07, 6.45) is 49.4. The van der Waals surface area contributed by atoms with Gasteiger partial charge in [-0.15, -0.1) is 0 Å². The molecule has 0 amide bonds. The third-order valence-corrected chi connectivity index (χ3v) is 13.3. The highest BCUT2D eigenvalue weighted by molar-refractivity contribution is 5.71. The number of hydrogen-bond donors (Lipinski definition) is 0. The average Bonchev–Trinajstić information content (AvgIpc) is 3.25. The maximum absolute atomic E-state index is 12.8. The van der Waals surface area contributed by atoms with Crippen molar-refractivity contribution < 1.29 is 28.6 Å². The summed E-state index contributed by atoms with van der Waals surface area (Å²) in [6, 6.07) is 0. The van der Waals surface area contributed by atoms with Crippen molar-refractivity contribution in [3.05, 3.63) is 0 Å². The number of carbonyl (C=O) groups excluding carboxylic acids is 3. The van der Waals surface area contributed by atoms with Crippen molar-refractivity contribution in [2.45, 2.75) is 317 Å². The van der Waals surface area contributed by atoms with Gasteiger partial charge in [-0.2, -0.15) is 0 Å². The third-order valence-electron chi connectivity index (χ3n) is 13.3. The van der Waals surface area contributed by atoms with Gasteiger partial charge in [0.25, 0.3) is 0 Å². The lowest BCUT2D eigenvalue weighted by atomic mass is 9.99. The third kappa shape index (κ3) is 49.7. The van der Waals surface area contributed by atoms with Gasteiger partial charge in [0, 0.05) is 19.3 Å². The van der Waals surface area contributed by atoms with E-state index >= 15 is 0 Å². The van der Waals surface area contributed by atoms with Crippen LogP contribution in [0.5, 0.6) is 0 Å². The van der Waals surface area contributed by atoms with E-state index < -0.39 is 6.10 Å². The summed E-state index contributed by atoms with van der Waals surface area (Å²) in [5, 5.41) is 0. The van der Waals surface area contributed by atoms with E-state index in [4.69, 9.17) is 14.2 Å². The van der Waals surface area contributed by atoms with E-state index in [2.05, 4.69) is 41.5 Å². The predicted molar refractivity (Wildman–Crippen MR) is 270 cm³/mol. The van der Waals surface area contributed by atoms with Crippen molar-refractivity contribution in [2.75, 3.05) is 13.2 Å². The topological polar surface area (TPSA) is 78.9 Å². The van der Waals surface area contributed by atoms with E-state index in [1.165, 1.54) is 193 Å². The maximum atomic E-state index is 12.8. The number of unbranched alkanes of at least 4 members (excludes halogenated alkanes) is 32. The largest absolute Gasteiger partial charge is 0.462 e. The Hall–Kier alpha value is -1.59. The molecule has 6 nitrogen and oxygen atoms in total. The molecule has 6 heteroatoms. The minimum Gasteiger partial charge on any atom is -0.462 e. The van der Waals surface area contributed by atoms with Crippen LogP contribution < -0.4 is 0 Å². The Morgan fingerprint density at radius 1 is 0.317 bits per heavy atom. The molecule has 63 heavy (non-hydrogen) atoms. The molecule has 0 fully saturated rings. The quantitative estimate of drug-likeness (QED) is 0.0344. The monoisotopic (exact) mass is 891 g/mol. The van der Waals surface area contributed by atoms with Crippen molar-refractivity contribution in [2.24, 2.45) is 17.8 Å². The van der Waals surface area contributed by atoms with Crippen molar-refractivity contribution in [3.63, 3.8) is 0 Å². The molecule has 0 rings (SSSR count). The zero-order chi connectivity index (χ0) is 46.3. The molecule has 0 radical (unpaired) electrons. The zero-order valence-electron chi connectivity index (χ0n) is 43.4. The average molecular weight is 892 g/mol. The normalized spacial score (nSPS) is 12.6. The van der Waals surface area contributed by atoms with Gasteiger partial charge in [0.05, 0.1) is 0 Å². The second-order valence-corrected chi connectivity index (χ2v) is 20.8. The van der Waals surface area contributed by atoms with Gasteiger partial charge in [0.15, 0.2) is 6.10 Å². The van der Waals surface area contributed by atoms with Gasteiger partial charge >= 0.3 is 17.9 Å². The van der Waals surface area contributed by atoms with E-state index in [0.29, 0.717) is 19.3 Å². The standard InChI is InChI=1S/C57H110O6/c1-7-53(6)45-39-33-27-23-24-29-35-41-47-56(59)62-50-54(63-57(60)48-42-36-30-22-18-14-13-16-20-26-32-38-44-52(4)5)49-61-55(58)46-40-34-28-21-17-12-10-8-9-11-15-19-25-31-37-43-51(2)3/h51-54H,7-50H2,1-6H3/t53?,54-/m1/s1. The number of hydrogen-bond acceptors (Lipinski definition) is 6. The lowest BCUT2D eigenvalue weighted by molar-refractivity contribution is -0.167. The van der Waals surface area contributed by atoms with Gasteiger partial charge in [-0.05, 0) is 37.0 Å². The van der Waals surface area contributed by atoms with Crippen LogP contribution in [0.25, 0.3) is 0 Å². The van der Waals surface area contributed by atoms with Crippen molar-refractivity contribution in [3.8, 4) is 0 Å². The molecule has 0 aromatic heterocycles. The summed E-state index contributed by atoms with van der Waals surface area (Å²) in [7, 11) is 0. The molecule has 0 saturated carbocycles. The smallest absolute Gasteiger partial charge is 0.306 e. The van der Waals surface area contributed by atoms with E-state index in [0.717, 1.165) is 75.5 Å². The van der Waals surface area contributed by atoms with E-state index in [1.54, 1.807) is 0 Å². The Morgan fingerprint density at radius 3 is 0.825 bits per heavy atom. The summed E-state index contributed by atoms with van der Waals surface area (Å²) in [6.45, 7) is 13.8. The van der Waals surface area contributed by atoms with E-state index in [-0.39, 0.29) is 31.1 Å². The van der Waals surface area contributed by atoms with Crippen molar-refractivity contribution >= 4 is 17.9 Å². The number of carbonyl (C=O) groups is 3. The van der Waals surface area contributed by atoms with Crippen LogP contribution in [0.1, 0.15) is 311 Å². The molecular weight excluding hydrogens is 781 g/mol. The molecule has 0 N–H and O–H groups in total. The van der Waals surface area contributed by atoms with Crippen LogP contribution in [0.3, 0.4) is 0 Å². The van der Waals surface area contributed by atoms with Crippen LogP contribution in [0.15, 0.2) is 0 Å². The first-order chi connectivity index (χ1) is 30.6. The van der Waals surface area contributed by atoms with Gasteiger partial charge in [-0.25, -0.2) is 0 Å². The zero-order valence-corrected chi connectivity index (χ0v) is 43.4. The summed E-state index contributed by atoms with van der Waals surface area (Å²) < 4.78 is 16.9. The Kier molecular flexibility index (Phi) is 47.1. The Balaban J connectivity index is 4.29. The first kappa shape index (κ1) is 61.4. The number of ether oxygens (including phenoxy) is 3. The number of rotatable bonds is 50. The second kappa shape index (κ2) is 48.3. The Morgan fingerprint density at radius 2 is 0.556 bits per heavy atom. The fourth-order valence-corrected chi connectivity index (χ4v) is 8.61. The molecule has 374 valence electrons. The molecule has 0 bridgehead atoms. The van der Waals surface area contributed by atoms with Crippen LogP contribution in [-0.4, -0.2) is 37.2 Å². The van der Waals surface area contributed by atoms with Crippen LogP contribution in [0, 0.1) is 17.8 Å². The second-order valence-electron chi connectivity index (χ2n) is 20.8. The highest BCUT2D eigenvalue weighted by Gasteiger charge is 2.19. The predicted octanol–water partition coefficient (Wildman–Crippen LogP) is 18.3. The van der Waals surface area contributed by atoms with Crippen LogP contribution in [0.2, 0.25) is 0 Å². The molecule has 0 spiro atoms. The minimum atomic E-state index is -0.763. The molecule has 0 aliphatic heterocycles. The fourth-order valence-electron chi connectivity index (χ4n) is 8.61. The summed E-state index contributed by atoms with van der Waals surface area (Å²) in [4.78, 5) is 38.1. The van der Waals surface area contributed by atoms with E-state index in [1.807, 2.05) is 0 Å². The van der Waals surface area contributed by atoms with Crippen LogP contribution in [-0.2, 0) is 28.6 Å². The molecule has 0 heterocycles. The highest BCUT2D eigenvalue weighted by Crippen LogP contribution is 2.18. The minimum absolute atomic E-state index is 0.0640. The van der Waals surface area contributed by atoms with Crippen molar-refractivity contribution in [1.29, 1.82) is 0 Å². The maximum Gasteiger partial charge on any atom is 0.306 e. The fraction of sp³-hybridized carbons (Fsp3) is 0.947. The van der Waals surface area contributed by atoms with Crippen molar-refractivity contribution in [1.82, 2.24) is 0 Å². The molecular formula is C57H110O6. The highest BCUT2D eigenvalue weighted by atomic mass is 16.6. The first-order valence-electron chi connectivity index (χ1n) is 28.1. The van der Waals surface area contributed by atoms with Gasteiger partial charge in [-0.1, -0.05) is 273 Å². The molecule has 0 aromatic carbocycles. The van der Waals surface area contributed by atoms with Crippen LogP contribution in [0.4, 0.5) is 0 Å². The van der Waals surface area contributed by atoms with Crippen LogP contribution >= 0.6 is 0 Å². The van der Waals surface area contributed by atoms with Gasteiger partial charge in [0.1, 0.15) is 13.2 Å². The van der Waals surface area contributed by atoms with Gasteiger partial charge in [-0.3, -0.25) is 14.4 Å². The molecule has 0 aromatic rings. The molecule has 1 unspecified atom stereocenters. The molecule has 0 aliphatic carbocycles. The van der Waals surface area contributed by atoms with Gasteiger partial charge < -0.3 is 14.2 Å². The van der Waals surface area contributed by atoms with Gasteiger partial charge in [0.2, 0.25) is 0 Å². The summed E-state index contributed by atoms with van der Waals surface area (Å²) >= 11 is 0. The number of esters is 3. The first-order valence-corrected chi connectivity index (χ1v) is 28.1. The molecule has 2 atom stereocenters. The molecule has 0 aliphatic rings. The Labute approximate surface area is 393 Å². The summed E-state index contributed by atoms with van der Waals surface area (Å²) in [5.74, 6) is 1.68.